The summed E-state index contributed by atoms with van der Waals surface area (Å²) >= 11 is 0. The molecule has 1 N–H and O–H groups in total. The molecule has 0 bridgehead atoms. The minimum absolute atomic E-state index is 0.334. The van der Waals surface area contributed by atoms with Gasteiger partial charge in [0, 0.05) is 16.9 Å². The third kappa shape index (κ3) is 3.26. The Balaban J connectivity index is 2.24. The van der Waals surface area contributed by atoms with E-state index in [4.69, 9.17) is 4.74 Å². The van der Waals surface area contributed by atoms with Crippen LogP contribution in [0.5, 0.6) is 0 Å². The van der Waals surface area contributed by atoms with Gasteiger partial charge in [0.15, 0.2) is 0 Å². The summed E-state index contributed by atoms with van der Waals surface area (Å²) in [5, 5.41) is 3.19. The molecule has 3 heteroatoms. The van der Waals surface area contributed by atoms with Gasteiger partial charge >= 0.3 is 5.97 Å². The summed E-state index contributed by atoms with van der Waals surface area (Å²) in [5.41, 5.74) is 2.86. The quantitative estimate of drug-likeness (QED) is 0.834. The number of ether oxygens (including phenoxy) is 1. The van der Waals surface area contributed by atoms with Crippen molar-refractivity contribution in [3.63, 3.8) is 0 Å². The summed E-state index contributed by atoms with van der Waals surface area (Å²) in [6.45, 7) is 6.15. The van der Waals surface area contributed by atoms with Gasteiger partial charge in [-0.15, -0.1) is 0 Å². The van der Waals surface area contributed by atoms with Crippen molar-refractivity contribution in [2.75, 3.05) is 11.9 Å². The molecule has 2 aromatic rings. The number of hydrogen-bond donors (Lipinski definition) is 1. The Labute approximate surface area is 118 Å². The number of rotatable bonds is 5. The number of nitrogens with one attached hydrogen (secondary N) is 1. The number of hydrogen-bond acceptors (Lipinski definition) is 3. The molecule has 102 valence electrons. The highest BCUT2D eigenvalue weighted by Gasteiger charge is 2.13. The number of esters is 1. The molecule has 0 aliphatic rings. The highest BCUT2D eigenvalue weighted by atomic mass is 16.5. The smallest absolute Gasteiger partial charge is 0.338 e. The summed E-state index contributed by atoms with van der Waals surface area (Å²) in [7, 11) is 0. The molecule has 0 aliphatic carbocycles. The Morgan fingerprint density at radius 2 is 1.65 bits per heavy atom. The summed E-state index contributed by atoms with van der Waals surface area (Å²) in [5.74, 6) is -0.334. The molecule has 0 atom stereocenters. The van der Waals surface area contributed by atoms with Crippen LogP contribution in [0.3, 0.4) is 0 Å². The zero-order valence-corrected chi connectivity index (χ0v) is 11.4. The van der Waals surface area contributed by atoms with Crippen LogP contribution in [-0.4, -0.2) is 12.6 Å². The monoisotopic (exact) mass is 267 g/mol. The average molecular weight is 267 g/mol. The predicted molar refractivity (Wildman–Crippen MR) is 81.5 cm³/mol. The predicted octanol–water partition coefficient (Wildman–Crippen LogP) is 3.95. The number of benzene rings is 2. The van der Waals surface area contributed by atoms with E-state index in [1.54, 1.807) is 13.0 Å². The Kier molecular flexibility index (Phi) is 4.56. The van der Waals surface area contributed by atoms with Crippen molar-refractivity contribution < 1.29 is 9.53 Å². The molecule has 0 aromatic heterocycles. The average Bonchev–Trinajstić information content (AvgIpc) is 2.48. The number of anilines is 1. The van der Waals surface area contributed by atoms with E-state index in [-0.39, 0.29) is 5.97 Å². The van der Waals surface area contributed by atoms with Crippen molar-refractivity contribution in [2.24, 2.45) is 0 Å². The summed E-state index contributed by atoms with van der Waals surface area (Å²) in [6.07, 6.45) is 0. The maximum Gasteiger partial charge on any atom is 0.338 e. The Morgan fingerprint density at radius 1 is 1.05 bits per heavy atom. The molecule has 0 aliphatic heterocycles. The van der Waals surface area contributed by atoms with E-state index in [1.165, 1.54) is 0 Å². The van der Waals surface area contributed by atoms with Gasteiger partial charge < -0.3 is 10.1 Å². The van der Waals surface area contributed by atoms with Gasteiger partial charge in [0.05, 0.1) is 12.2 Å². The number of carbonyl (C=O) groups excluding carboxylic acids is 1. The van der Waals surface area contributed by atoms with Gasteiger partial charge in [0.25, 0.3) is 0 Å². The van der Waals surface area contributed by atoms with Gasteiger partial charge in [-0.25, -0.2) is 4.79 Å². The van der Waals surface area contributed by atoms with E-state index in [1.807, 2.05) is 48.5 Å². The molecule has 0 unspecified atom stereocenters. The molecule has 0 saturated heterocycles. The first-order valence-corrected chi connectivity index (χ1v) is 6.50. The first kappa shape index (κ1) is 13.9. The van der Waals surface area contributed by atoms with Crippen LogP contribution in [0.25, 0.3) is 5.70 Å². The Morgan fingerprint density at radius 3 is 2.30 bits per heavy atom. The van der Waals surface area contributed by atoms with Gasteiger partial charge in [-0.1, -0.05) is 43.0 Å². The lowest BCUT2D eigenvalue weighted by Crippen LogP contribution is -2.09. The molecule has 2 rings (SSSR count). The van der Waals surface area contributed by atoms with E-state index in [2.05, 4.69) is 11.9 Å². The first-order valence-electron chi connectivity index (χ1n) is 6.50. The van der Waals surface area contributed by atoms with Crippen molar-refractivity contribution in [1.82, 2.24) is 0 Å². The van der Waals surface area contributed by atoms with Crippen LogP contribution in [0.2, 0.25) is 0 Å². The van der Waals surface area contributed by atoms with E-state index >= 15 is 0 Å². The second-order valence-electron chi connectivity index (χ2n) is 4.24. The van der Waals surface area contributed by atoms with Crippen molar-refractivity contribution >= 4 is 17.4 Å². The fraction of sp³-hybridized carbons (Fsp3) is 0.118. The second-order valence-corrected chi connectivity index (χ2v) is 4.24. The fourth-order valence-electron chi connectivity index (χ4n) is 1.90. The lowest BCUT2D eigenvalue weighted by molar-refractivity contribution is 0.0526. The topological polar surface area (TPSA) is 38.3 Å². The molecule has 0 fully saturated rings. The van der Waals surface area contributed by atoms with Crippen LogP contribution in [0.15, 0.2) is 61.2 Å². The minimum Gasteiger partial charge on any atom is -0.462 e. The van der Waals surface area contributed by atoms with Crippen LogP contribution in [0.4, 0.5) is 5.69 Å². The van der Waals surface area contributed by atoms with Crippen LogP contribution in [0.1, 0.15) is 22.8 Å². The van der Waals surface area contributed by atoms with Crippen molar-refractivity contribution in [2.45, 2.75) is 6.92 Å². The Bertz CT molecular complexity index is 605. The van der Waals surface area contributed by atoms with Gasteiger partial charge in [0.1, 0.15) is 0 Å². The first-order chi connectivity index (χ1) is 9.72. The summed E-state index contributed by atoms with van der Waals surface area (Å²) in [6, 6.07) is 17.0. The van der Waals surface area contributed by atoms with Gasteiger partial charge in [-0.2, -0.15) is 0 Å². The van der Waals surface area contributed by atoms with Crippen LogP contribution < -0.4 is 5.32 Å². The largest absolute Gasteiger partial charge is 0.462 e. The van der Waals surface area contributed by atoms with E-state index in [0.29, 0.717) is 17.9 Å². The van der Waals surface area contributed by atoms with Crippen LogP contribution >= 0.6 is 0 Å². The van der Waals surface area contributed by atoms with Crippen LogP contribution in [-0.2, 0) is 4.74 Å². The zero-order valence-electron chi connectivity index (χ0n) is 11.4. The normalized spacial score (nSPS) is 9.85. The molecule has 0 radical (unpaired) electrons. The fourth-order valence-corrected chi connectivity index (χ4v) is 1.90. The Hall–Kier alpha value is -2.55. The lowest BCUT2D eigenvalue weighted by atomic mass is 10.1. The maximum atomic E-state index is 11.9. The molecule has 0 spiro atoms. The van der Waals surface area contributed by atoms with Gasteiger partial charge in [-0.3, -0.25) is 0 Å². The van der Waals surface area contributed by atoms with Crippen molar-refractivity contribution in [3.05, 3.63) is 72.3 Å². The van der Waals surface area contributed by atoms with E-state index in [0.717, 1.165) is 11.3 Å². The standard InChI is InChI=1S/C17H17NO2/c1-3-20-17(19)16-12-8-7-11-15(16)13(2)18-14-9-5-4-6-10-14/h4-12,18H,2-3H2,1H3. The highest BCUT2D eigenvalue weighted by Crippen LogP contribution is 2.21. The third-order valence-electron chi connectivity index (χ3n) is 2.82. The molecule has 0 amide bonds. The molecule has 2 aromatic carbocycles. The van der Waals surface area contributed by atoms with E-state index in [9.17, 15) is 4.79 Å². The highest BCUT2D eigenvalue weighted by molar-refractivity contribution is 5.96. The summed E-state index contributed by atoms with van der Waals surface area (Å²) in [4.78, 5) is 11.9. The number of para-hydroxylation sites is 1. The zero-order chi connectivity index (χ0) is 14.4. The minimum atomic E-state index is -0.334. The van der Waals surface area contributed by atoms with E-state index < -0.39 is 0 Å². The molecule has 3 nitrogen and oxygen atoms in total. The lowest BCUT2D eigenvalue weighted by Gasteiger charge is -2.13. The third-order valence-corrected chi connectivity index (χ3v) is 2.82. The molecular formula is C17H17NO2. The molecule has 20 heavy (non-hydrogen) atoms. The molecule has 0 saturated carbocycles. The second kappa shape index (κ2) is 6.57. The molecular weight excluding hydrogens is 250 g/mol. The number of carbonyl (C=O) groups is 1. The SMILES string of the molecule is C=C(Nc1ccccc1)c1ccccc1C(=O)OCC. The summed E-state index contributed by atoms with van der Waals surface area (Å²) < 4.78 is 5.06. The maximum absolute atomic E-state index is 11.9. The van der Waals surface area contributed by atoms with Crippen LogP contribution in [0, 0.1) is 0 Å². The van der Waals surface area contributed by atoms with Gasteiger partial charge in [0.2, 0.25) is 0 Å². The van der Waals surface area contributed by atoms with Crippen molar-refractivity contribution in [3.8, 4) is 0 Å². The molecule has 0 heterocycles. The van der Waals surface area contributed by atoms with Crippen molar-refractivity contribution in [1.29, 1.82) is 0 Å². The van der Waals surface area contributed by atoms with Gasteiger partial charge in [-0.05, 0) is 25.1 Å².